The van der Waals surface area contributed by atoms with Crippen LogP contribution in [0.2, 0.25) is 0 Å². The highest BCUT2D eigenvalue weighted by molar-refractivity contribution is 5.79. The Morgan fingerprint density at radius 1 is 1.62 bits per heavy atom. The smallest absolute Gasteiger partial charge is 0.380 e. The second kappa shape index (κ2) is 4.63. The summed E-state index contributed by atoms with van der Waals surface area (Å²) >= 11 is 0. The average Bonchev–Trinajstić information content (AvgIpc) is 2.17. The first-order valence-electron chi connectivity index (χ1n) is 5.29. The van der Waals surface area contributed by atoms with Gasteiger partial charge in [0.2, 0.25) is 0 Å². The highest BCUT2D eigenvalue weighted by atomic mass is 19.3. The molecular formula is C10H17F2NO3. The van der Waals surface area contributed by atoms with Crippen LogP contribution in [0.4, 0.5) is 8.78 Å². The highest BCUT2D eigenvalue weighted by Gasteiger charge is 2.60. The molecule has 0 bridgehead atoms. The number of hydrogen-bond donors (Lipinski definition) is 1. The monoisotopic (exact) mass is 237 g/mol. The van der Waals surface area contributed by atoms with Crippen LogP contribution in [0.1, 0.15) is 19.8 Å². The van der Waals surface area contributed by atoms with E-state index in [1.807, 2.05) is 0 Å². The van der Waals surface area contributed by atoms with Crippen LogP contribution in [0.3, 0.4) is 0 Å². The molecule has 1 atom stereocenters. The lowest BCUT2D eigenvalue weighted by atomic mass is 9.86. The molecule has 0 saturated carbocycles. The molecule has 0 aliphatic carbocycles. The van der Waals surface area contributed by atoms with E-state index in [1.54, 1.807) is 11.9 Å². The van der Waals surface area contributed by atoms with Gasteiger partial charge in [0.15, 0.2) is 5.60 Å². The molecule has 1 N–H and O–H groups in total. The largest absolute Gasteiger partial charge is 0.461 e. The normalized spacial score (nSPS) is 27.8. The molecule has 0 aromatic heterocycles. The number of likely N-dealkylation sites (N-methyl/N-ethyl adjacent to an activating group) is 1. The van der Waals surface area contributed by atoms with Crippen molar-refractivity contribution in [2.24, 2.45) is 0 Å². The maximum Gasteiger partial charge on any atom is 0.380 e. The van der Waals surface area contributed by atoms with Crippen molar-refractivity contribution in [3.63, 3.8) is 0 Å². The second-order valence-corrected chi connectivity index (χ2v) is 4.17. The molecule has 1 rings (SSSR count). The molecular weight excluding hydrogens is 220 g/mol. The van der Waals surface area contributed by atoms with Crippen molar-refractivity contribution in [3.05, 3.63) is 0 Å². The zero-order valence-electron chi connectivity index (χ0n) is 9.50. The Kier molecular flexibility index (Phi) is 3.85. The third-order valence-corrected chi connectivity index (χ3v) is 2.78. The number of rotatable bonds is 3. The first-order chi connectivity index (χ1) is 7.33. The van der Waals surface area contributed by atoms with Crippen LogP contribution in [-0.4, -0.2) is 54.2 Å². The molecule has 0 radical (unpaired) electrons. The van der Waals surface area contributed by atoms with E-state index in [4.69, 9.17) is 0 Å². The first kappa shape index (κ1) is 13.3. The molecule has 4 nitrogen and oxygen atoms in total. The average molecular weight is 237 g/mol. The Hall–Kier alpha value is -0.750. The number of carbonyl (C=O) groups is 1. The van der Waals surface area contributed by atoms with Gasteiger partial charge < -0.3 is 14.7 Å². The van der Waals surface area contributed by atoms with Crippen LogP contribution in [0.25, 0.3) is 0 Å². The Morgan fingerprint density at radius 3 is 2.75 bits per heavy atom. The van der Waals surface area contributed by atoms with Crippen LogP contribution in [0.15, 0.2) is 0 Å². The van der Waals surface area contributed by atoms with Crippen molar-refractivity contribution in [2.45, 2.75) is 31.3 Å². The molecule has 0 amide bonds. The molecule has 6 heteroatoms. The number of aliphatic hydroxyl groups is 1. The number of esters is 1. The molecule has 1 saturated heterocycles. The molecule has 1 aliphatic heterocycles. The van der Waals surface area contributed by atoms with E-state index < -0.39 is 17.5 Å². The van der Waals surface area contributed by atoms with Crippen LogP contribution in [-0.2, 0) is 9.53 Å². The molecule has 1 unspecified atom stereocenters. The third kappa shape index (κ3) is 2.32. The summed E-state index contributed by atoms with van der Waals surface area (Å²) in [5.74, 6) is -5.50. The number of hydrogen-bond acceptors (Lipinski definition) is 4. The van der Waals surface area contributed by atoms with Gasteiger partial charge in [-0.2, -0.15) is 8.78 Å². The van der Waals surface area contributed by atoms with E-state index in [2.05, 4.69) is 4.74 Å². The van der Waals surface area contributed by atoms with Crippen LogP contribution >= 0.6 is 0 Å². The fourth-order valence-electron chi connectivity index (χ4n) is 1.91. The SMILES string of the molecule is CCOC(=O)C(F)(F)C1(O)CCCN(C)C1. The van der Waals surface area contributed by atoms with Crippen molar-refractivity contribution < 1.29 is 23.4 Å². The van der Waals surface area contributed by atoms with Gasteiger partial charge in [-0.25, -0.2) is 4.79 Å². The van der Waals surface area contributed by atoms with E-state index in [0.29, 0.717) is 13.0 Å². The molecule has 94 valence electrons. The van der Waals surface area contributed by atoms with Gasteiger partial charge in [-0.1, -0.05) is 0 Å². The number of likely N-dealkylation sites (tertiary alicyclic amines) is 1. The minimum Gasteiger partial charge on any atom is -0.461 e. The number of alkyl halides is 2. The Labute approximate surface area is 93.2 Å². The minimum absolute atomic E-state index is 0.0941. The minimum atomic E-state index is -3.85. The van der Waals surface area contributed by atoms with Crippen molar-refractivity contribution in [2.75, 3.05) is 26.7 Å². The Balaban J connectivity index is 2.83. The van der Waals surface area contributed by atoms with Crippen molar-refractivity contribution >= 4 is 5.97 Å². The lowest BCUT2D eigenvalue weighted by molar-refractivity contribution is -0.223. The maximum atomic E-state index is 13.7. The van der Waals surface area contributed by atoms with E-state index in [-0.39, 0.29) is 19.6 Å². The lowest BCUT2D eigenvalue weighted by Crippen LogP contribution is -2.61. The number of carbonyl (C=O) groups excluding carboxylic acids is 1. The van der Waals surface area contributed by atoms with Crippen molar-refractivity contribution in [3.8, 4) is 0 Å². The number of ether oxygens (including phenoxy) is 1. The van der Waals surface area contributed by atoms with Gasteiger partial charge in [0, 0.05) is 6.54 Å². The van der Waals surface area contributed by atoms with Crippen LogP contribution < -0.4 is 0 Å². The molecule has 0 aromatic rings. The van der Waals surface area contributed by atoms with Crippen LogP contribution in [0, 0.1) is 0 Å². The summed E-state index contributed by atoms with van der Waals surface area (Å²) < 4.78 is 31.7. The molecule has 0 spiro atoms. The number of β-amino-alcohol motifs (C(OH)–C–C–N with tert-alkyl or cyclic N) is 1. The van der Waals surface area contributed by atoms with E-state index in [9.17, 15) is 18.7 Å². The molecule has 0 aromatic carbocycles. The summed E-state index contributed by atoms with van der Waals surface area (Å²) in [6.07, 6.45) is 0.338. The third-order valence-electron chi connectivity index (χ3n) is 2.78. The quantitative estimate of drug-likeness (QED) is 0.732. The van der Waals surface area contributed by atoms with Crippen LogP contribution in [0.5, 0.6) is 0 Å². The second-order valence-electron chi connectivity index (χ2n) is 4.17. The Morgan fingerprint density at radius 2 is 2.25 bits per heavy atom. The summed E-state index contributed by atoms with van der Waals surface area (Å²) in [6, 6.07) is 0. The fourth-order valence-corrected chi connectivity index (χ4v) is 1.91. The summed E-state index contributed by atoms with van der Waals surface area (Å²) in [6.45, 7) is 1.74. The molecule has 1 heterocycles. The lowest BCUT2D eigenvalue weighted by Gasteiger charge is -2.40. The van der Waals surface area contributed by atoms with Gasteiger partial charge in [0.05, 0.1) is 6.61 Å². The molecule has 16 heavy (non-hydrogen) atoms. The number of halogens is 2. The first-order valence-corrected chi connectivity index (χ1v) is 5.29. The predicted octanol–water partition coefficient (Wildman–Crippen LogP) is 0.641. The summed E-state index contributed by atoms with van der Waals surface area (Å²) in [5.41, 5.74) is -2.31. The molecule has 1 fully saturated rings. The van der Waals surface area contributed by atoms with Gasteiger partial charge in [0.1, 0.15) is 0 Å². The summed E-state index contributed by atoms with van der Waals surface area (Å²) in [5, 5.41) is 9.87. The summed E-state index contributed by atoms with van der Waals surface area (Å²) in [4.78, 5) is 12.7. The standard InChI is InChI=1S/C10H17F2NO3/c1-3-16-8(14)10(11,12)9(15)5-4-6-13(2)7-9/h15H,3-7H2,1-2H3. The predicted molar refractivity (Wildman–Crippen MR) is 53.3 cm³/mol. The maximum absolute atomic E-state index is 13.7. The van der Waals surface area contributed by atoms with E-state index in [0.717, 1.165) is 0 Å². The fraction of sp³-hybridized carbons (Fsp3) is 0.900. The topological polar surface area (TPSA) is 49.8 Å². The van der Waals surface area contributed by atoms with Gasteiger partial charge in [0.25, 0.3) is 0 Å². The van der Waals surface area contributed by atoms with Gasteiger partial charge in [-0.15, -0.1) is 0 Å². The van der Waals surface area contributed by atoms with E-state index in [1.165, 1.54) is 6.92 Å². The Bertz CT molecular complexity index is 273. The van der Waals surface area contributed by atoms with Gasteiger partial charge >= 0.3 is 11.9 Å². The number of nitrogens with zero attached hydrogens (tertiary/aromatic N) is 1. The zero-order chi connectivity index (χ0) is 12.4. The van der Waals surface area contributed by atoms with Crippen molar-refractivity contribution in [1.82, 2.24) is 4.90 Å². The van der Waals surface area contributed by atoms with Gasteiger partial charge in [-0.05, 0) is 33.4 Å². The van der Waals surface area contributed by atoms with Crippen molar-refractivity contribution in [1.29, 1.82) is 0 Å². The van der Waals surface area contributed by atoms with E-state index >= 15 is 0 Å². The van der Waals surface area contributed by atoms with Gasteiger partial charge in [-0.3, -0.25) is 0 Å². The number of piperidine rings is 1. The molecule has 1 aliphatic rings. The highest BCUT2D eigenvalue weighted by Crippen LogP contribution is 2.36. The zero-order valence-corrected chi connectivity index (χ0v) is 9.50. The summed E-state index contributed by atoms with van der Waals surface area (Å²) in [7, 11) is 1.63.